The molecule has 5 heteroatoms. The van der Waals surface area contributed by atoms with Crippen LogP contribution in [0, 0.1) is 5.92 Å². The van der Waals surface area contributed by atoms with Gasteiger partial charge in [-0.1, -0.05) is 12.8 Å². The molecule has 106 valence electrons. The molecule has 0 amide bonds. The van der Waals surface area contributed by atoms with E-state index in [9.17, 15) is 5.11 Å². The van der Waals surface area contributed by atoms with Crippen molar-refractivity contribution in [1.82, 2.24) is 9.97 Å². The number of aliphatic hydroxyl groups excluding tert-OH is 1. The van der Waals surface area contributed by atoms with Crippen molar-refractivity contribution in [2.75, 3.05) is 11.9 Å². The zero-order valence-electron chi connectivity index (χ0n) is 11.2. The highest BCUT2D eigenvalue weighted by Gasteiger charge is 2.22. The molecule has 3 rings (SSSR count). The first-order valence-corrected chi connectivity index (χ1v) is 7.85. The number of hydrogen-bond donors (Lipinski definition) is 2. The summed E-state index contributed by atoms with van der Waals surface area (Å²) in [4.78, 5) is 8.76. The van der Waals surface area contributed by atoms with Gasteiger partial charge < -0.3 is 10.4 Å². The summed E-state index contributed by atoms with van der Waals surface area (Å²) < 4.78 is 0.928. The molecule has 1 aliphatic rings. The van der Waals surface area contributed by atoms with Crippen LogP contribution in [0.4, 0.5) is 5.69 Å². The molecule has 1 aliphatic carbocycles. The van der Waals surface area contributed by atoms with Crippen LogP contribution in [0.2, 0.25) is 0 Å². The van der Waals surface area contributed by atoms with Crippen molar-refractivity contribution in [3.8, 4) is 0 Å². The summed E-state index contributed by atoms with van der Waals surface area (Å²) in [5, 5.41) is 13.5. The summed E-state index contributed by atoms with van der Waals surface area (Å²) in [6, 6.07) is 3.90. The van der Waals surface area contributed by atoms with Crippen LogP contribution in [0.5, 0.6) is 0 Å². The summed E-state index contributed by atoms with van der Waals surface area (Å²) in [6.45, 7) is 0.790. The van der Waals surface area contributed by atoms with Gasteiger partial charge in [0.05, 0.1) is 17.3 Å². The van der Waals surface area contributed by atoms with E-state index in [4.69, 9.17) is 0 Å². The molecule has 0 saturated heterocycles. The van der Waals surface area contributed by atoms with Crippen molar-refractivity contribution in [3.05, 3.63) is 29.0 Å². The Balaban J connectivity index is 1.77. The molecule has 20 heavy (non-hydrogen) atoms. The first-order valence-electron chi connectivity index (χ1n) is 7.06. The Labute approximate surface area is 126 Å². The standard InChI is InChI=1S/C15H18BrN3O/c16-11-7-13-15(19-9-11)12(5-6-17-13)18-8-10-3-1-2-4-14(10)20/h5-7,9-10,14,20H,1-4,8H2,(H,17,18). The molecule has 2 N–H and O–H groups in total. The lowest BCUT2D eigenvalue weighted by Crippen LogP contribution is -2.30. The molecule has 0 radical (unpaired) electrons. The van der Waals surface area contributed by atoms with Gasteiger partial charge in [-0.2, -0.15) is 0 Å². The van der Waals surface area contributed by atoms with E-state index in [0.29, 0.717) is 5.92 Å². The number of pyridine rings is 2. The SMILES string of the molecule is OC1CCCCC1CNc1ccnc2cc(Br)cnc12. The Morgan fingerprint density at radius 2 is 2.15 bits per heavy atom. The van der Waals surface area contributed by atoms with Crippen LogP contribution >= 0.6 is 15.9 Å². The fourth-order valence-corrected chi connectivity index (χ4v) is 3.13. The highest BCUT2D eigenvalue weighted by Crippen LogP contribution is 2.26. The van der Waals surface area contributed by atoms with Crippen LogP contribution in [0.15, 0.2) is 29.0 Å². The fourth-order valence-electron chi connectivity index (χ4n) is 2.82. The minimum absolute atomic E-state index is 0.175. The van der Waals surface area contributed by atoms with Crippen molar-refractivity contribution in [1.29, 1.82) is 0 Å². The average Bonchev–Trinajstić information content (AvgIpc) is 2.46. The minimum Gasteiger partial charge on any atom is -0.393 e. The lowest BCUT2D eigenvalue weighted by molar-refractivity contribution is 0.0763. The second kappa shape index (κ2) is 6.06. The maximum absolute atomic E-state index is 10.0. The number of hydrogen-bond acceptors (Lipinski definition) is 4. The van der Waals surface area contributed by atoms with Crippen LogP contribution in [0.3, 0.4) is 0 Å². The van der Waals surface area contributed by atoms with Gasteiger partial charge in [0.15, 0.2) is 0 Å². The van der Waals surface area contributed by atoms with Crippen LogP contribution in [-0.2, 0) is 0 Å². The molecule has 2 aromatic heterocycles. The number of aliphatic hydroxyl groups is 1. The van der Waals surface area contributed by atoms with E-state index in [1.54, 1.807) is 12.4 Å². The van der Waals surface area contributed by atoms with E-state index in [-0.39, 0.29) is 6.10 Å². The molecule has 0 bridgehead atoms. The number of nitrogens with zero attached hydrogens (tertiary/aromatic N) is 2. The fraction of sp³-hybridized carbons (Fsp3) is 0.467. The lowest BCUT2D eigenvalue weighted by Gasteiger charge is -2.28. The predicted octanol–water partition coefficient (Wildman–Crippen LogP) is 3.36. The number of rotatable bonds is 3. The van der Waals surface area contributed by atoms with Crippen molar-refractivity contribution in [2.45, 2.75) is 31.8 Å². The van der Waals surface area contributed by atoms with Gasteiger partial charge in [0.2, 0.25) is 0 Å². The van der Waals surface area contributed by atoms with Gasteiger partial charge >= 0.3 is 0 Å². The van der Waals surface area contributed by atoms with Crippen molar-refractivity contribution < 1.29 is 5.11 Å². The normalized spacial score (nSPS) is 22.9. The zero-order chi connectivity index (χ0) is 13.9. The molecule has 2 unspecified atom stereocenters. The highest BCUT2D eigenvalue weighted by molar-refractivity contribution is 9.10. The smallest absolute Gasteiger partial charge is 0.112 e. The number of halogens is 1. The molecule has 0 spiro atoms. The molecular weight excluding hydrogens is 318 g/mol. The quantitative estimate of drug-likeness (QED) is 0.902. The van der Waals surface area contributed by atoms with E-state index in [1.807, 2.05) is 12.1 Å². The average molecular weight is 336 g/mol. The Hall–Kier alpha value is -1.20. The first kappa shape index (κ1) is 13.8. The minimum atomic E-state index is -0.175. The summed E-state index contributed by atoms with van der Waals surface area (Å²) >= 11 is 3.41. The zero-order valence-corrected chi connectivity index (χ0v) is 12.8. The van der Waals surface area contributed by atoms with E-state index in [0.717, 1.165) is 47.0 Å². The topological polar surface area (TPSA) is 58.0 Å². The Bertz CT molecular complexity index is 605. The van der Waals surface area contributed by atoms with Gasteiger partial charge in [0.1, 0.15) is 5.52 Å². The number of fused-ring (bicyclic) bond motifs is 1. The van der Waals surface area contributed by atoms with Crippen molar-refractivity contribution in [2.24, 2.45) is 5.92 Å². The van der Waals surface area contributed by atoms with E-state index >= 15 is 0 Å². The number of anilines is 1. The van der Waals surface area contributed by atoms with E-state index in [2.05, 4.69) is 31.2 Å². The van der Waals surface area contributed by atoms with Gasteiger partial charge in [-0.3, -0.25) is 9.97 Å². The molecular formula is C15H18BrN3O. The maximum atomic E-state index is 10.0. The molecule has 1 saturated carbocycles. The molecule has 2 atom stereocenters. The highest BCUT2D eigenvalue weighted by atomic mass is 79.9. The third-order valence-electron chi connectivity index (χ3n) is 3.97. The Morgan fingerprint density at radius 1 is 1.30 bits per heavy atom. The Morgan fingerprint density at radius 3 is 3.00 bits per heavy atom. The van der Waals surface area contributed by atoms with Gasteiger partial charge in [-0.15, -0.1) is 0 Å². The molecule has 2 aromatic rings. The van der Waals surface area contributed by atoms with Crippen molar-refractivity contribution in [3.63, 3.8) is 0 Å². The van der Waals surface area contributed by atoms with E-state index < -0.39 is 0 Å². The van der Waals surface area contributed by atoms with Gasteiger partial charge in [-0.25, -0.2) is 0 Å². The van der Waals surface area contributed by atoms with Crippen LogP contribution < -0.4 is 5.32 Å². The lowest BCUT2D eigenvalue weighted by atomic mass is 9.86. The monoisotopic (exact) mass is 335 g/mol. The third-order valence-corrected chi connectivity index (χ3v) is 4.40. The molecule has 0 aliphatic heterocycles. The third kappa shape index (κ3) is 2.94. The summed E-state index contributed by atoms with van der Waals surface area (Å²) in [5.41, 5.74) is 2.73. The second-order valence-corrected chi connectivity index (χ2v) is 6.29. The molecule has 1 fully saturated rings. The van der Waals surface area contributed by atoms with Gasteiger partial charge in [0, 0.05) is 29.3 Å². The largest absolute Gasteiger partial charge is 0.393 e. The van der Waals surface area contributed by atoms with Crippen LogP contribution in [0.25, 0.3) is 11.0 Å². The molecule has 4 nitrogen and oxygen atoms in total. The first-order chi connectivity index (χ1) is 9.74. The summed E-state index contributed by atoms with van der Waals surface area (Å²) in [6.07, 6.45) is 7.77. The van der Waals surface area contributed by atoms with E-state index in [1.165, 1.54) is 6.42 Å². The molecule has 2 heterocycles. The van der Waals surface area contributed by atoms with Gasteiger partial charge in [0.25, 0.3) is 0 Å². The maximum Gasteiger partial charge on any atom is 0.112 e. The molecule has 0 aromatic carbocycles. The summed E-state index contributed by atoms with van der Waals surface area (Å²) in [5.74, 6) is 0.336. The predicted molar refractivity (Wildman–Crippen MR) is 83.7 cm³/mol. The van der Waals surface area contributed by atoms with Crippen LogP contribution in [0.1, 0.15) is 25.7 Å². The van der Waals surface area contributed by atoms with Crippen molar-refractivity contribution >= 4 is 32.7 Å². The number of nitrogens with one attached hydrogen (secondary N) is 1. The number of aromatic nitrogens is 2. The van der Waals surface area contributed by atoms with Crippen LogP contribution in [-0.4, -0.2) is 27.7 Å². The summed E-state index contributed by atoms with van der Waals surface area (Å²) in [7, 11) is 0. The van der Waals surface area contributed by atoms with Gasteiger partial charge in [-0.05, 0) is 40.9 Å². The second-order valence-electron chi connectivity index (χ2n) is 5.37. The Kier molecular flexibility index (Phi) is 4.17.